The molecule has 8 nitrogen and oxygen atoms in total. The minimum Gasteiger partial charge on any atom is -0.360 e. The molecule has 0 radical (unpaired) electrons. The van der Waals surface area contributed by atoms with Crippen LogP contribution in [0.4, 0.5) is 5.82 Å². The van der Waals surface area contributed by atoms with Gasteiger partial charge >= 0.3 is 0 Å². The van der Waals surface area contributed by atoms with E-state index >= 15 is 0 Å². The fraction of sp³-hybridized carbons (Fsp3) is 0.526. The molecule has 27 heavy (non-hydrogen) atoms. The van der Waals surface area contributed by atoms with E-state index in [2.05, 4.69) is 20.7 Å². The van der Waals surface area contributed by atoms with Gasteiger partial charge in [-0.05, 0) is 38.4 Å². The Labute approximate surface area is 158 Å². The van der Waals surface area contributed by atoms with Gasteiger partial charge in [0.25, 0.3) is 5.91 Å². The van der Waals surface area contributed by atoms with E-state index in [1.54, 1.807) is 20.0 Å². The molecule has 3 heterocycles. The first kappa shape index (κ1) is 19.2. The van der Waals surface area contributed by atoms with E-state index in [0.717, 1.165) is 31.5 Å². The molecule has 0 spiro atoms. The number of nitrogens with zero attached hydrogens (tertiary/aromatic N) is 3. The molecule has 146 valence electrons. The lowest BCUT2D eigenvalue weighted by atomic mass is 9.99. The van der Waals surface area contributed by atoms with Gasteiger partial charge in [0.15, 0.2) is 5.82 Å². The number of nitrogens with one attached hydrogen (secondary N) is 2. The van der Waals surface area contributed by atoms with Gasteiger partial charge in [-0.25, -0.2) is 0 Å². The van der Waals surface area contributed by atoms with Crippen molar-refractivity contribution in [2.24, 2.45) is 7.05 Å². The lowest BCUT2D eigenvalue weighted by Crippen LogP contribution is -2.36. The number of aryl methyl sites for hydroxylation is 1. The molecule has 3 rings (SSSR count). The minimum absolute atomic E-state index is 0.0782. The number of amides is 2. The van der Waals surface area contributed by atoms with Gasteiger partial charge in [0, 0.05) is 38.8 Å². The molecule has 0 unspecified atom stereocenters. The van der Waals surface area contributed by atoms with E-state index in [1.807, 2.05) is 23.7 Å². The maximum Gasteiger partial charge on any atom is 0.267 e. The summed E-state index contributed by atoms with van der Waals surface area (Å²) >= 11 is 0. The van der Waals surface area contributed by atoms with Crippen LogP contribution in [-0.4, -0.2) is 46.6 Å². The van der Waals surface area contributed by atoms with Crippen molar-refractivity contribution < 1.29 is 14.1 Å². The van der Waals surface area contributed by atoms with Crippen LogP contribution in [0.3, 0.4) is 0 Å². The highest BCUT2D eigenvalue weighted by Crippen LogP contribution is 2.31. The summed E-state index contributed by atoms with van der Waals surface area (Å²) in [7, 11) is 3.56. The minimum atomic E-state index is -0.0895. The Bertz CT molecular complexity index is 810. The Hall–Kier alpha value is -2.61. The van der Waals surface area contributed by atoms with Crippen molar-refractivity contribution in [2.45, 2.75) is 38.6 Å². The largest absolute Gasteiger partial charge is 0.360 e. The normalized spacial score (nSPS) is 17.7. The summed E-state index contributed by atoms with van der Waals surface area (Å²) in [5, 5.41) is 9.23. The zero-order valence-electron chi connectivity index (χ0n) is 16.1. The summed E-state index contributed by atoms with van der Waals surface area (Å²) in [5.74, 6) is 0.946. The molecule has 2 N–H and O–H groups in total. The lowest BCUT2D eigenvalue weighted by molar-refractivity contribution is -0.116. The van der Waals surface area contributed by atoms with E-state index in [4.69, 9.17) is 4.52 Å². The first-order valence-electron chi connectivity index (χ1n) is 9.34. The van der Waals surface area contributed by atoms with Crippen molar-refractivity contribution in [3.63, 3.8) is 0 Å². The van der Waals surface area contributed by atoms with Crippen LogP contribution in [0.1, 0.15) is 53.7 Å². The van der Waals surface area contributed by atoms with Gasteiger partial charge in [-0.15, -0.1) is 0 Å². The molecule has 8 heteroatoms. The van der Waals surface area contributed by atoms with Crippen LogP contribution in [0.5, 0.6) is 0 Å². The monoisotopic (exact) mass is 373 g/mol. The average Bonchev–Trinajstić information content (AvgIpc) is 3.25. The SMILES string of the molecule is CNC(=O)c1ccc([C@@H]2CCCCN2CCC(=O)Nc2cc(C)on2)n1C. The van der Waals surface area contributed by atoms with Crippen molar-refractivity contribution in [1.29, 1.82) is 0 Å². The van der Waals surface area contributed by atoms with E-state index < -0.39 is 0 Å². The second kappa shape index (κ2) is 8.39. The van der Waals surface area contributed by atoms with Crippen molar-refractivity contribution in [2.75, 3.05) is 25.5 Å². The standard InChI is InChI=1S/C19H27N5O3/c1-13-12-17(22-27-13)21-18(25)9-11-24-10-5-4-6-15(24)14-7-8-16(23(14)3)19(26)20-2/h7-8,12,15H,4-6,9-11H2,1-3H3,(H,20,26)(H,21,22,25)/t15-/m0/s1. The quantitative estimate of drug-likeness (QED) is 0.810. The lowest BCUT2D eigenvalue weighted by Gasteiger charge is -2.36. The molecule has 1 fully saturated rings. The van der Waals surface area contributed by atoms with Crippen LogP contribution < -0.4 is 10.6 Å². The number of aromatic nitrogens is 2. The zero-order chi connectivity index (χ0) is 19.4. The molecule has 2 aromatic heterocycles. The van der Waals surface area contributed by atoms with Crippen LogP contribution in [0.2, 0.25) is 0 Å². The number of hydrogen-bond donors (Lipinski definition) is 2. The number of piperidine rings is 1. The van der Waals surface area contributed by atoms with E-state index in [1.165, 1.54) is 0 Å². The number of hydrogen-bond acceptors (Lipinski definition) is 5. The number of carbonyl (C=O) groups is 2. The molecule has 1 aliphatic rings. The van der Waals surface area contributed by atoms with Crippen molar-refractivity contribution in [1.82, 2.24) is 19.9 Å². The van der Waals surface area contributed by atoms with Gasteiger partial charge < -0.3 is 19.7 Å². The Kier molecular flexibility index (Phi) is 5.95. The smallest absolute Gasteiger partial charge is 0.267 e. The third-order valence-electron chi connectivity index (χ3n) is 5.10. The van der Waals surface area contributed by atoms with E-state index in [-0.39, 0.29) is 17.9 Å². The van der Waals surface area contributed by atoms with Crippen LogP contribution in [0.25, 0.3) is 0 Å². The van der Waals surface area contributed by atoms with Crippen LogP contribution in [-0.2, 0) is 11.8 Å². The molecule has 1 saturated heterocycles. The first-order valence-corrected chi connectivity index (χ1v) is 9.34. The molecule has 0 saturated carbocycles. The van der Waals surface area contributed by atoms with Gasteiger partial charge in [0.2, 0.25) is 5.91 Å². The Balaban J connectivity index is 1.64. The van der Waals surface area contributed by atoms with Gasteiger partial charge in [-0.1, -0.05) is 11.6 Å². The summed E-state index contributed by atoms with van der Waals surface area (Å²) in [6.07, 6.45) is 3.67. The summed E-state index contributed by atoms with van der Waals surface area (Å²) in [6, 6.07) is 5.79. The highest BCUT2D eigenvalue weighted by molar-refractivity contribution is 5.92. The third-order valence-corrected chi connectivity index (χ3v) is 5.10. The van der Waals surface area contributed by atoms with Crippen molar-refractivity contribution in [3.05, 3.63) is 35.3 Å². The second-order valence-corrected chi connectivity index (χ2v) is 6.95. The molecule has 1 aliphatic heterocycles. The second-order valence-electron chi connectivity index (χ2n) is 6.95. The maximum absolute atomic E-state index is 12.2. The number of rotatable bonds is 6. The summed E-state index contributed by atoms with van der Waals surface area (Å²) < 4.78 is 6.93. The number of anilines is 1. The summed E-state index contributed by atoms with van der Waals surface area (Å²) in [6.45, 7) is 3.39. The molecule has 2 amide bonds. The Morgan fingerprint density at radius 3 is 2.85 bits per heavy atom. The number of carbonyl (C=O) groups excluding carboxylic acids is 2. The van der Waals surface area contributed by atoms with Crippen LogP contribution >= 0.6 is 0 Å². The van der Waals surface area contributed by atoms with Crippen molar-refractivity contribution in [3.8, 4) is 0 Å². The van der Waals surface area contributed by atoms with Gasteiger partial charge in [-0.3, -0.25) is 14.5 Å². The van der Waals surface area contributed by atoms with E-state index in [0.29, 0.717) is 30.2 Å². The molecule has 2 aromatic rings. The summed E-state index contributed by atoms with van der Waals surface area (Å²) in [5.41, 5.74) is 1.76. The molecular weight excluding hydrogens is 346 g/mol. The number of likely N-dealkylation sites (tertiary alicyclic amines) is 1. The van der Waals surface area contributed by atoms with Gasteiger partial charge in [0.1, 0.15) is 11.5 Å². The van der Waals surface area contributed by atoms with Crippen molar-refractivity contribution >= 4 is 17.6 Å². The topological polar surface area (TPSA) is 92.4 Å². The van der Waals surface area contributed by atoms with Crippen LogP contribution in [0, 0.1) is 6.92 Å². The fourth-order valence-corrected chi connectivity index (χ4v) is 3.69. The predicted octanol–water partition coefficient (Wildman–Crippen LogP) is 2.24. The molecule has 0 bridgehead atoms. The van der Waals surface area contributed by atoms with Gasteiger partial charge in [-0.2, -0.15) is 0 Å². The van der Waals surface area contributed by atoms with Crippen LogP contribution in [0.15, 0.2) is 22.7 Å². The summed E-state index contributed by atoms with van der Waals surface area (Å²) in [4.78, 5) is 26.6. The highest BCUT2D eigenvalue weighted by atomic mass is 16.5. The van der Waals surface area contributed by atoms with E-state index in [9.17, 15) is 9.59 Å². The Morgan fingerprint density at radius 2 is 2.15 bits per heavy atom. The molecular formula is C19H27N5O3. The highest BCUT2D eigenvalue weighted by Gasteiger charge is 2.27. The fourth-order valence-electron chi connectivity index (χ4n) is 3.69. The molecule has 1 atom stereocenters. The molecule has 0 aromatic carbocycles. The third kappa shape index (κ3) is 4.39. The van der Waals surface area contributed by atoms with Gasteiger partial charge in [0.05, 0.1) is 6.04 Å². The maximum atomic E-state index is 12.2. The zero-order valence-corrected chi connectivity index (χ0v) is 16.1. The molecule has 0 aliphatic carbocycles. The Morgan fingerprint density at radius 1 is 1.33 bits per heavy atom. The first-order chi connectivity index (χ1) is 13.0. The predicted molar refractivity (Wildman–Crippen MR) is 101 cm³/mol. The average molecular weight is 373 g/mol.